The van der Waals surface area contributed by atoms with Gasteiger partial charge in [-0.3, -0.25) is 4.79 Å². The number of carbonyl (C=O) groups is 1. The highest BCUT2D eigenvalue weighted by atomic mass is 16.5. The fourth-order valence-electron chi connectivity index (χ4n) is 2.74. The molecule has 0 aromatic heterocycles. The first kappa shape index (κ1) is 15.6. The van der Waals surface area contributed by atoms with Crippen LogP contribution in [0.3, 0.4) is 0 Å². The monoisotopic (exact) mass is 291 g/mol. The van der Waals surface area contributed by atoms with Crippen LogP contribution in [-0.2, 0) is 4.74 Å². The van der Waals surface area contributed by atoms with Crippen LogP contribution in [-0.4, -0.2) is 39.3 Å². The minimum Gasteiger partial charge on any atom is -0.397 e. The molecule has 1 aliphatic heterocycles. The van der Waals surface area contributed by atoms with E-state index in [1.807, 2.05) is 26.1 Å². The molecule has 5 nitrogen and oxygen atoms in total. The zero-order valence-corrected chi connectivity index (χ0v) is 12.9. The Morgan fingerprint density at radius 3 is 2.95 bits per heavy atom. The Morgan fingerprint density at radius 2 is 2.33 bits per heavy atom. The van der Waals surface area contributed by atoms with E-state index >= 15 is 0 Å². The van der Waals surface area contributed by atoms with Gasteiger partial charge in [0.25, 0.3) is 5.91 Å². The van der Waals surface area contributed by atoms with Gasteiger partial charge < -0.3 is 20.7 Å². The molecule has 2 rings (SSSR count). The second-order valence-electron chi connectivity index (χ2n) is 5.60. The molecule has 0 saturated carbocycles. The molecule has 5 heteroatoms. The van der Waals surface area contributed by atoms with Crippen LogP contribution in [0.5, 0.6) is 0 Å². The third-order valence-electron chi connectivity index (χ3n) is 3.82. The van der Waals surface area contributed by atoms with Crippen LogP contribution in [0, 0.1) is 5.92 Å². The summed E-state index contributed by atoms with van der Waals surface area (Å²) in [6, 6.07) is 5.49. The van der Waals surface area contributed by atoms with Gasteiger partial charge >= 0.3 is 0 Å². The Morgan fingerprint density at radius 1 is 1.52 bits per heavy atom. The van der Waals surface area contributed by atoms with Gasteiger partial charge in [0.15, 0.2) is 0 Å². The highest BCUT2D eigenvalue weighted by molar-refractivity contribution is 5.96. The van der Waals surface area contributed by atoms with Crippen LogP contribution in [0.1, 0.15) is 30.1 Å². The summed E-state index contributed by atoms with van der Waals surface area (Å²) in [6.07, 6.45) is 2.32. The molecule has 1 fully saturated rings. The van der Waals surface area contributed by atoms with Gasteiger partial charge in [0.1, 0.15) is 0 Å². The van der Waals surface area contributed by atoms with Crippen molar-refractivity contribution in [1.82, 2.24) is 5.32 Å². The number of nitrogens with two attached hydrogens (primary N) is 1. The number of ether oxygens (including phenoxy) is 1. The topological polar surface area (TPSA) is 67.6 Å². The number of nitrogens with zero attached hydrogens (tertiary/aromatic N) is 1. The standard InChI is InChI=1S/C16H25N3O2/c1-3-18-16(20)13-6-7-15(14(17)9-13)19(2)10-12-5-4-8-21-11-12/h6-7,9,12H,3-5,8,10-11,17H2,1-2H3,(H,18,20). The van der Waals surface area contributed by atoms with Crippen LogP contribution in [0.4, 0.5) is 11.4 Å². The average Bonchev–Trinajstić information content (AvgIpc) is 2.48. The van der Waals surface area contributed by atoms with Gasteiger partial charge in [0, 0.05) is 32.3 Å². The number of benzene rings is 1. The molecule has 116 valence electrons. The van der Waals surface area contributed by atoms with E-state index < -0.39 is 0 Å². The van der Waals surface area contributed by atoms with Gasteiger partial charge in [-0.1, -0.05) is 0 Å². The van der Waals surface area contributed by atoms with Gasteiger partial charge in [-0.25, -0.2) is 0 Å². The van der Waals surface area contributed by atoms with Crippen molar-refractivity contribution in [3.8, 4) is 0 Å². The van der Waals surface area contributed by atoms with Crippen molar-refractivity contribution in [2.24, 2.45) is 5.92 Å². The molecule has 1 saturated heterocycles. The first-order valence-corrected chi connectivity index (χ1v) is 7.58. The van der Waals surface area contributed by atoms with Crippen molar-refractivity contribution in [3.05, 3.63) is 23.8 Å². The molecule has 0 spiro atoms. The van der Waals surface area contributed by atoms with Gasteiger partial charge in [0.2, 0.25) is 0 Å². The summed E-state index contributed by atoms with van der Waals surface area (Å²) in [5.74, 6) is 0.463. The van der Waals surface area contributed by atoms with Gasteiger partial charge in [-0.15, -0.1) is 0 Å². The molecule has 1 atom stereocenters. The number of nitrogens with one attached hydrogen (secondary N) is 1. The predicted octanol–water partition coefficient (Wildman–Crippen LogP) is 1.88. The summed E-state index contributed by atoms with van der Waals surface area (Å²) in [5.41, 5.74) is 8.32. The fourth-order valence-corrected chi connectivity index (χ4v) is 2.74. The lowest BCUT2D eigenvalue weighted by Gasteiger charge is -2.29. The number of nitrogen functional groups attached to an aromatic ring is 1. The Bertz CT molecular complexity index is 484. The van der Waals surface area contributed by atoms with Crippen LogP contribution in [0.15, 0.2) is 18.2 Å². The number of anilines is 2. The van der Waals surface area contributed by atoms with Crippen LogP contribution < -0.4 is 16.0 Å². The maximum absolute atomic E-state index is 11.8. The summed E-state index contributed by atoms with van der Waals surface area (Å²) < 4.78 is 5.52. The molecule has 1 aromatic rings. The number of rotatable bonds is 5. The van der Waals surface area contributed by atoms with Gasteiger partial charge in [0.05, 0.1) is 18.0 Å². The summed E-state index contributed by atoms with van der Waals surface area (Å²) in [5, 5.41) is 2.78. The second-order valence-corrected chi connectivity index (χ2v) is 5.60. The molecule has 1 aliphatic rings. The minimum atomic E-state index is -0.0842. The number of amides is 1. The maximum Gasteiger partial charge on any atom is 0.251 e. The lowest BCUT2D eigenvalue weighted by Crippen LogP contribution is -2.31. The SMILES string of the molecule is CCNC(=O)c1ccc(N(C)CC2CCCOC2)c(N)c1. The summed E-state index contributed by atoms with van der Waals surface area (Å²) in [7, 11) is 2.03. The fraction of sp³-hybridized carbons (Fsp3) is 0.562. The number of hydrogen-bond acceptors (Lipinski definition) is 4. The predicted molar refractivity (Wildman–Crippen MR) is 85.7 cm³/mol. The van der Waals surface area contributed by atoms with E-state index in [9.17, 15) is 4.79 Å². The number of hydrogen-bond donors (Lipinski definition) is 2. The normalized spacial score (nSPS) is 18.3. The highest BCUT2D eigenvalue weighted by Crippen LogP contribution is 2.25. The molecule has 3 N–H and O–H groups in total. The van der Waals surface area contributed by atoms with Crippen LogP contribution >= 0.6 is 0 Å². The van der Waals surface area contributed by atoms with E-state index in [1.165, 1.54) is 6.42 Å². The average molecular weight is 291 g/mol. The summed E-state index contributed by atoms with van der Waals surface area (Å²) in [6.45, 7) is 5.13. The third kappa shape index (κ3) is 4.11. The lowest BCUT2D eigenvalue weighted by atomic mass is 10.0. The maximum atomic E-state index is 11.8. The van der Waals surface area contributed by atoms with Crippen molar-refractivity contribution < 1.29 is 9.53 Å². The lowest BCUT2D eigenvalue weighted by molar-refractivity contribution is 0.0576. The smallest absolute Gasteiger partial charge is 0.251 e. The van der Waals surface area contributed by atoms with Crippen molar-refractivity contribution >= 4 is 17.3 Å². The molecule has 1 amide bonds. The van der Waals surface area contributed by atoms with Crippen molar-refractivity contribution in [3.63, 3.8) is 0 Å². The molecule has 0 aliphatic carbocycles. The van der Waals surface area contributed by atoms with E-state index in [-0.39, 0.29) is 5.91 Å². The van der Waals surface area contributed by atoms with Gasteiger partial charge in [-0.2, -0.15) is 0 Å². The Balaban J connectivity index is 2.03. The summed E-state index contributed by atoms with van der Waals surface area (Å²) in [4.78, 5) is 13.9. The minimum absolute atomic E-state index is 0.0842. The van der Waals surface area contributed by atoms with E-state index in [1.54, 1.807) is 6.07 Å². The van der Waals surface area contributed by atoms with Crippen molar-refractivity contribution in [2.75, 3.05) is 44.0 Å². The van der Waals surface area contributed by atoms with E-state index in [0.29, 0.717) is 23.7 Å². The van der Waals surface area contributed by atoms with Crippen molar-refractivity contribution in [1.29, 1.82) is 0 Å². The van der Waals surface area contributed by atoms with Crippen LogP contribution in [0.25, 0.3) is 0 Å². The Kier molecular flexibility index (Phi) is 5.44. The zero-order chi connectivity index (χ0) is 15.2. The zero-order valence-electron chi connectivity index (χ0n) is 12.9. The molecular weight excluding hydrogens is 266 g/mol. The first-order chi connectivity index (χ1) is 10.1. The molecule has 1 aromatic carbocycles. The Hall–Kier alpha value is -1.75. The molecule has 21 heavy (non-hydrogen) atoms. The van der Waals surface area contributed by atoms with E-state index in [4.69, 9.17) is 10.5 Å². The molecular formula is C16H25N3O2. The largest absolute Gasteiger partial charge is 0.397 e. The molecule has 0 radical (unpaired) electrons. The molecule has 1 heterocycles. The molecule has 1 unspecified atom stereocenters. The number of carbonyl (C=O) groups excluding carboxylic acids is 1. The quantitative estimate of drug-likeness (QED) is 0.813. The van der Waals surface area contributed by atoms with Crippen molar-refractivity contribution in [2.45, 2.75) is 19.8 Å². The van der Waals surface area contributed by atoms with Crippen LogP contribution in [0.2, 0.25) is 0 Å². The van der Waals surface area contributed by atoms with Gasteiger partial charge in [-0.05, 0) is 43.9 Å². The highest BCUT2D eigenvalue weighted by Gasteiger charge is 2.17. The third-order valence-corrected chi connectivity index (χ3v) is 3.82. The molecule has 0 bridgehead atoms. The summed E-state index contributed by atoms with van der Waals surface area (Å²) >= 11 is 0. The van der Waals surface area contributed by atoms with E-state index in [0.717, 1.165) is 31.9 Å². The Labute approximate surface area is 126 Å². The first-order valence-electron chi connectivity index (χ1n) is 7.58. The van der Waals surface area contributed by atoms with E-state index in [2.05, 4.69) is 10.2 Å². The second kappa shape index (κ2) is 7.31.